The van der Waals surface area contributed by atoms with Gasteiger partial charge in [0.1, 0.15) is 25.3 Å². The van der Waals surface area contributed by atoms with Gasteiger partial charge in [0.25, 0.3) is 0 Å². The Balaban J connectivity index is 4.48. The first-order chi connectivity index (χ1) is 11.5. The molecule has 24 heavy (non-hydrogen) atoms. The molecular formula is C18H24O6. The van der Waals surface area contributed by atoms with Crippen molar-refractivity contribution in [1.82, 2.24) is 0 Å². The van der Waals surface area contributed by atoms with Crippen LogP contribution in [0.2, 0.25) is 0 Å². The van der Waals surface area contributed by atoms with Gasteiger partial charge in [-0.1, -0.05) is 24.3 Å². The number of carbonyl (C=O) groups excluding carboxylic acids is 4. The van der Waals surface area contributed by atoms with Gasteiger partial charge in [0.15, 0.2) is 0 Å². The van der Waals surface area contributed by atoms with Crippen molar-refractivity contribution >= 4 is 24.0 Å². The van der Waals surface area contributed by atoms with Crippen molar-refractivity contribution in [3.63, 3.8) is 0 Å². The van der Waals surface area contributed by atoms with Crippen LogP contribution in [-0.2, 0) is 28.7 Å². The van der Waals surface area contributed by atoms with Crippen LogP contribution in [-0.4, -0.2) is 37.2 Å². The fourth-order valence-corrected chi connectivity index (χ4v) is 1.47. The molecule has 0 heterocycles. The van der Waals surface area contributed by atoms with Crippen molar-refractivity contribution in [1.29, 1.82) is 0 Å². The minimum absolute atomic E-state index is 0.0245. The maximum Gasteiger partial charge on any atom is 0.306 e. The maximum atomic E-state index is 11.5. The molecule has 0 aromatic carbocycles. The maximum absolute atomic E-state index is 11.5. The average molecular weight is 336 g/mol. The lowest BCUT2D eigenvalue weighted by atomic mass is 10.2. The van der Waals surface area contributed by atoms with Crippen molar-refractivity contribution < 1.29 is 28.7 Å². The number of hydrogen-bond acceptors (Lipinski definition) is 6. The number of ether oxygens (including phenoxy) is 2. The van der Waals surface area contributed by atoms with E-state index in [4.69, 9.17) is 9.47 Å². The highest BCUT2D eigenvalue weighted by molar-refractivity contribution is 5.81. The Morgan fingerprint density at radius 1 is 0.958 bits per heavy atom. The zero-order chi connectivity index (χ0) is 18.2. The minimum atomic E-state index is -0.464. The molecule has 0 aliphatic heterocycles. The van der Waals surface area contributed by atoms with Gasteiger partial charge in [-0.2, -0.15) is 0 Å². The molecule has 0 radical (unpaired) electrons. The van der Waals surface area contributed by atoms with Crippen LogP contribution < -0.4 is 0 Å². The second-order valence-corrected chi connectivity index (χ2v) is 4.91. The molecule has 0 saturated carbocycles. The molecule has 6 nitrogen and oxygen atoms in total. The van der Waals surface area contributed by atoms with Crippen LogP contribution in [0.4, 0.5) is 0 Å². The highest BCUT2D eigenvalue weighted by atomic mass is 16.5. The third kappa shape index (κ3) is 13.2. The minimum Gasteiger partial charge on any atom is -0.461 e. The van der Waals surface area contributed by atoms with Crippen LogP contribution in [0.1, 0.15) is 39.5 Å². The van der Waals surface area contributed by atoms with E-state index >= 15 is 0 Å². The molecule has 0 aliphatic rings. The third-order valence-electron chi connectivity index (χ3n) is 2.75. The number of aldehydes is 1. The van der Waals surface area contributed by atoms with E-state index in [0.717, 1.165) is 0 Å². The lowest BCUT2D eigenvalue weighted by molar-refractivity contribution is -0.144. The number of allylic oxidation sites excluding steroid dienone is 3. The van der Waals surface area contributed by atoms with Crippen molar-refractivity contribution in [2.75, 3.05) is 13.2 Å². The molecule has 0 atom stereocenters. The lowest BCUT2D eigenvalue weighted by Crippen LogP contribution is -2.09. The van der Waals surface area contributed by atoms with Crippen molar-refractivity contribution in [3.05, 3.63) is 36.0 Å². The van der Waals surface area contributed by atoms with Crippen molar-refractivity contribution in [2.45, 2.75) is 39.5 Å². The van der Waals surface area contributed by atoms with Crippen molar-refractivity contribution in [2.24, 2.45) is 0 Å². The van der Waals surface area contributed by atoms with Crippen molar-refractivity contribution in [3.8, 4) is 0 Å². The largest absolute Gasteiger partial charge is 0.461 e. The van der Waals surface area contributed by atoms with Crippen LogP contribution in [0, 0.1) is 0 Å². The number of rotatable bonds is 12. The summed E-state index contributed by atoms with van der Waals surface area (Å²) < 4.78 is 10.0. The summed E-state index contributed by atoms with van der Waals surface area (Å²) in [4.78, 5) is 43.8. The molecule has 0 fully saturated rings. The summed E-state index contributed by atoms with van der Waals surface area (Å²) in [5, 5.41) is 0. The quantitative estimate of drug-likeness (QED) is 0.309. The Bertz CT molecular complexity index is 514. The van der Waals surface area contributed by atoms with Gasteiger partial charge in [-0.3, -0.25) is 9.59 Å². The predicted molar refractivity (Wildman–Crippen MR) is 89.2 cm³/mol. The Kier molecular flexibility index (Phi) is 12.6. The molecule has 6 heteroatoms. The van der Waals surface area contributed by atoms with E-state index in [1.54, 1.807) is 18.2 Å². The van der Waals surface area contributed by atoms with Gasteiger partial charge >= 0.3 is 11.9 Å². The summed E-state index contributed by atoms with van der Waals surface area (Å²) in [6.45, 7) is 3.33. The first kappa shape index (κ1) is 21.5. The van der Waals surface area contributed by atoms with E-state index in [-0.39, 0.29) is 44.7 Å². The van der Waals surface area contributed by atoms with Gasteiger partial charge in [-0.15, -0.1) is 0 Å². The molecule has 0 aromatic heterocycles. The zero-order valence-corrected chi connectivity index (χ0v) is 14.2. The summed E-state index contributed by atoms with van der Waals surface area (Å²) in [6, 6.07) is 0. The molecule has 0 aromatic rings. The molecule has 0 amide bonds. The SMILES string of the molecule is C\C=C/C=C\C(=C\COC(=O)CCC=O)COC(=O)CCC(C)=O. The van der Waals surface area contributed by atoms with Crippen LogP contribution in [0.3, 0.4) is 0 Å². The smallest absolute Gasteiger partial charge is 0.306 e. The highest BCUT2D eigenvalue weighted by Gasteiger charge is 2.06. The van der Waals surface area contributed by atoms with Crippen LogP contribution in [0.25, 0.3) is 0 Å². The van der Waals surface area contributed by atoms with Gasteiger partial charge in [0.05, 0.1) is 12.8 Å². The monoisotopic (exact) mass is 336 g/mol. The van der Waals surface area contributed by atoms with Crippen LogP contribution >= 0.6 is 0 Å². The lowest BCUT2D eigenvalue weighted by Gasteiger charge is -2.06. The summed E-state index contributed by atoms with van der Waals surface area (Å²) in [5.41, 5.74) is 0.660. The van der Waals surface area contributed by atoms with E-state index in [1.807, 2.05) is 19.1 Å². The van der Waals surface area contributed by atoms with Crippen LogP contribution in [0.5, 0.6) is 0 Å². The summed E-state index contributed by atoms with van der Waals surface area (Å²) >= 11 is 0. The van der Waals surface area contributed by atoms with E-state index in [1.165, 1.54) is 6.92 Å². The summed E-state index contributed by atoms with van der Waals surface area (Å²) in [5.74, 6) is -0.995. The Labute approximate surface area is 142 Å². The van der Waals surface area contributed by atoms with Crippen LogP contribution in [0.15, 0.2) is 36.0 Å². The second-order valence-electron chi connectivity index (χ2n) is 4.91. The first-order valence-corrected chi connectivity index (χ1v) is 7.72. The van der Waals surface area contributed by atoms with E-state index < -0.39 is 11.9 Å². The van der Waals surface area contributed by atoms with E-state index in [2.05, 4.69) is 0 Å². The number of esters is 2. The standard InChI is InChI=1S/C18H24O6/c1-3-4-5-7-16(11-13-23-17(21)8-6-12-19)14-24-18(22)10-9-15(2)20/h3-5,7,11-12H,6,8-10,13-14H2,1-2H3/b4-3-,7-5-,16-11-. The topological polar surface area (TPSA) is 86.7 Å². The molecule has 0 bridgehead atoms. The summed E-state index contributed by atoms with van der Waals surface area (Å²) in [6.07, 6.45) is 9.79. The van der Waals surface area contributed by atoms with Gasteiger partial charge in [0.2, 0.25) is 0 Å². The molecule has 0 aliphatic carbocycles. The molecular weight excluding hydrogens is 312 g/mol. The van der Waals surface area contributed by atoms with Gasteiger partial charge < -0.3 is 19.1 Å². The highest BCUT2D eigenvalue weighted by Crippen LogP contribution is 2.03. The molecule has 0 unspecified atom stereocenters. The van der Waals surface area contributed by atoms with Gasteiger partial charge in [-0.05, 0) is 25.5 Å². The predicted octanol–water partition coefficient (Wildman–Crippen LogP) is 2.48. The van der Waals surface area contributed by atoms with E-state index in [9.17, 15) is 19.2 Å². The summed E-state index contributed by atoms with van der Waals surface area (Å²) in [7, 11) is 0. The molecule has 0 spiro atoms. The fourth-order valence-electron chi connectivity index (χ4n) is 1.47. The Hall–Kier alpha value is -2.50. The molecule has 0 saturated heterocycles. The Morgan fingerprint density at radius 3 is 2.29 bits per heavy atom. The van der Waals surface area contributed by atoms with Gasteiger partial charge in [0, 0.05) is 12.8 Å². The molecule has 0 rings (SSSR count). The van der Waals surface area contributed by atoms with E-state index in [0.29, 0.717) is 11.9 Å². The number of carbonyl (C=O) groups is 4. The molecule has 132 valence electrons. The Morgan fingerprint density at radius 2 is 1.67 bits per heavy atom. The number of ketones is 1. The second kappa shape index (κ2) is 14.1. The fraction of sp³-hybridized carbons (Fsp3) is 0.444. The van der Waals surface area contributed by atoms with Gasteiger partial charge in [-0.25, -0.2) is 0 Å². The number of hydrogen-bond donors (Lipinski definition) is 0. The third-order valence-corrected chi connectivity index (χ3v) is 2.75. The average Bonchev–Trinajstić information content (AvgIpc) is 2.55. The number of Topliss-reactive ketones (excluding diaryl/α,β-unsaturated/α-hetero) is 1. The zero-order valence-electron chi connectivity index (χ0n) is 14.2. The normalized spacial score (nSPS) is 11.7. The first-order valence-electron chi connectivity index (χ1n) is 7.72. The molecule has 0 N–H and O–H groups in total.